The molecule has 1 fully saturated rings. The van der Waals surface area contributed by atoms with Crippen molar-refractivity contribution in [3.63, 3.8) is 0 Å². The molecule has 1 aliphatic rings. The number of amides is 2. The van der Waals surface area contributed by atoms with Crippen LogP contribution in [0.25, 0.3) is 10.1 Å². The van der Waals surface area contributed by atoms with Crippen LogP contribution in [0.3, 0.4) is 0 Å². The van der Waals surface area contributed by atoms with Crippen LogP contribution in [0.5, 0.6) is 0 Å². The Morgan fingerprint density at radius 3 is 2.50 bits per heavy atom. The molecule has 1 unspecified atom stereocenters. The molecule has 1 aliphatic heterocycles. The third-order valence-corrected chi connectivity index (χ3v) is 8.44. The van der Waals surface area contributed by atoms with E-state index in [1.54, 1.807) is 24.7 Å². The molecule has 0 spiro atoms. The summed E-state index contributed by atoms with van der Waals surface area (Å²) in [6.07, 6.45) is 4.34. The number of thiophene rings is 1. The standard InChI is InChI=1S/C31H34N6O2S/c1-21(2)14-30(38)37(27(26-19-33-20-34-26)15-22-4-6-23(18-32)7-5-22)25-8-9-28-24(16-25)17-29(40-28)31(39)36-12-10-35(3)11-13-36/h4-9,16-17,19-21,27H,10-15H2,1-3H3,(H,33,34). The van der Waals surface area contributed by atoms with Crippen molar-refractivity contribution >= 4 is 38.9 Å². The Balaban J connectivity index is 1.51. The number of aromatic amines is 1. The lowest BCUT2D eigenvalue weighted by atomic mass is 9.98. The van der Waals surface area contributed by atoms with Crippen molar-refractivity contribution in [2.24, 2.45) is 5.92 Å². The van der Waals surface area contributed by atoms with E-state index >= 15 is 0 Å². The number of carbonyl (C=O) groups is 2. The zero-order valence-corrected chi connectivity index (χ0v) is 23.9. The molecule has 0 bridgehead atoms. The van der Waals surface area contributed by atoms with Crippen LogP contribution in [0.2, 0.25) is 0 Å². The van der Waals surface area contributed by atoms with Crippen molar-refractivity contribution in [2.45, 2.75) is 32.7 Å². The van der Waals surface area contributed by atoms with Crippen LogP contribution in [0.1, 0.15) is 52.8 Å². The van der Waals surface area contributed by atoms with Gasteiger partial charge in [-0.1, -0.05) is 26.0 Å². The Labute approximate surface area is 238 Å². The Hall–Kier alpha value is -4.00. The number of hydrogen-bond acceptors (Lipinski definition) is 6. The van der Waals surface area contributed by atoms with Gasteiger partial charge in [0.05, 0.1) is 40.8 Å². The fraction of sp³-hybridized carbons (Fsp3) is 0.355. The van der Waals surface area contributed by atoms with Crippen molar-refractivity contribution in [2.75, 3.05) is 38.1 Å². The summed E-state index contributed by atoms with van der Waals surface area (Å²) >= 11 is 1.50. The number of imidazole rings is 1. The second-order valence-electron chi connectivity index (χ2n) is 10.8. The SMILES string of the molecule is CC(C)CC(=O)N(c1ccc2sc(C(=O)N3CCN(C)CC3)cc2c1)C(Cc1ccc(C#N)cc1)c1cnc[nH]1. The molecule has 1 saturated heterocycles. The number of benzene rings is 2. The van der Waals surface area contributed by atoms with Crippen LogP contribution in [0.4, 0.5) is 5.69 Å². The molecule has 1 N–H and O–H groups in total. The van der Waals surface area contributed by atoms with Crippen molar-refractivity contribution < 1.29 is 9.59 Å². The first-order valence-electron chi connectivity index (χ1n) is 13.6. The van der Waals surface area contributed by atoms with E-state index in [1.807, 2.05) is 60.0 Å². The number of piperazine rings is 1. The molecule has 206 valence electrons. The van der Waals surface area contributed by atoms with Gasteiger partial charge in [0.1, 0.15) is 0 Å². The van der Waals surface area contributed by atoms with Crippen LogP contribution < -0.4 is 4.90 Å². The van der Waals surface area contributed by atoms with E-state index in [1.165, 1.54) is 11.3 Å². The van der Waals surface area contributed by atoms with Crippen molar-refractivity contribution in [3.05, 3.63) is 82.8 Å². The average molecular weight is 555 g/mol. The number of anilines is 1. The predicted octanol–water partition coefficient (Wildman–Crippen LogP) is 5.25. The monoisotopic (exact) mass is 554 g/mol. The van der Waals surface area contributed by atoms with Gasteiger partial charge in [-0.2, -0.15) is 5.26 Å². The van der Waals surface area contributed by atoms with Gasteiger partial charge in [0, 0.05) is 43.0 Å². The molecule has 9 heteroatoms. The lowest BCUT2D eigenvalue weighted by Crippen LogP contribution is -2.46. The molecule has 5 rings (SSSR count). The number of aromatic nitrogens is 2. The number of nitriles is 1. The summed E-state index contributed by atoms with van der Waals surface area (Å²) in [5.74, 6) is 0.274. The van der Waals surface area contributed by atoms with Gasteiger partial charge in [-0.3, -0.25) is 9.59 Å². The third kappa shape index (κ3) is 6.09. The maximum absolute atomic E-state index is 13.9. The van der Waals surface area contributed by atoms with Crippen LogP contribution in [-0.4, -0.2) is 64.8 Å². The van der Waals surface area contributed by atoms with Gasteiger partial charge in [-0.05, 0) is 66.7 Å². The summed E-state index contributed by atoms with van der Waals surface area (Å²) in [5, 5.41) is 10.2. The summed E-state index contributed by atoms with van der Waals surface area (Å²) in [6, 6.07) is 17.3. The number of hydrogen-bond donors (Lipinski definition) is 1. The minimum absolute atomic E-state index is 0.0200. The van der Waals surface area contributed by atoms with Crippen molar-refractivity contribution in [1.29, 1.82) is 5.26 Å². The van der Waals surface area contributed by atoms with Gasteiger partial charge in [0.15, 0.2) is 0 Å². The molecule has 4 aromatic rings. The van der Waals surface area contributed by atoms with E-state index in [2.05, 4.69) is 28.0 Å². The third-order valence-electron chi connectivity index (χ3n) is 7.33. The molecule has 1 atom stereocenters. The van der Waals surface area contributed by atoms with Crippen LogP contribution in [0, 0.1) is 17.2 Å². The fourth-order valence-electron chi connectivity index (χ4n) is 5.12. The number of H-pyrrole nitrogens is 1. The van der Waals surface area contributed by atoms with Crippen LogP contribution >= 0.6 is 11.3 Å². The average Bonchev–Trinajstić information content (AvgIpc) is 3.63. The molecule has 2 aromatic carbocycles. The van der Waals surface area contributed by atoms with E-state index in [4.69, 9.17) is 0 Å². The topological polar surface area (TPSA) is 96.3 Å². The van der Waals surface area contributed by atoms with Gasteiger partial charge < -0.3 is 19.7 Å². The fourth-order valence-corrected chi connectivity index (χ4v) is 6.14. The quantitative estimate of drug-likeness (QED) is 0.321. The number of carbonyl (C=O) groups excluding carboxylic acids is 2. The molecule has 8 nitrogen and oxygen atoms in total. The molecule has 3 heterocycles. The lowest BCUT2D eigenvalue weighted by Gasteiger charge is -2.32. The lowest BCUT2D eigenvalue weighted by molar-refractivity contribution is -0.119. The van der Waals surface area contributed by atoms with E-state index in [9.17, 15) is 14.9 Å². The zero-order valence-electron chi connectivity index (χ0n) is 23.1. The molecular weight excluding hydrogens is 520 g/mol. The van der Waals surface area contributed by atoms with Crippen molar-refractivity contribution in [3.8, 4) is 6.07 Å². The first-order valence-corrected chi connectivity index (χ1v) is 14.4. The number of nitrogens with zero attached hydrogens (tertiary/aromatic N) is 5. The number of fused-ring (bicyclic) bond motifs is 1. The maximum atomic E-state index is 13.9. The minimum atomic E-state index is -0.329. The van der Waals surface area contributed by atoms with Gasteiger partial charge in [-0.25, -0.2) is 4.98 Å². The van der Waals surface area contributed by atoms with E-state index < -0.39 is 0 Å². The van der Waals surface area contributed by atoms with E-state index in [-0.39, 0.29) is 23.8 Å². The Kier molecular flexibility index (Phi) is 8.29. The van der Waals surface area contributed by atoms with E-state index in [0.717, 1.165) is 58.1 Å². The molecule has 2 amide bonds. The summed E-state index contributed by atoms with van der Waals surface area (Å²) in [6.45, 7) is 7.30. The summed E-state index contributed by atoms with van der Waals surface area (Å²) in [7, 11) is 2.08. The first-order chi connectivity index (χ1) is 19.3. The van der Waals surface area contributed by atoms with Gasteiger partial charge in [0.2, 0.25) is 5.91 Å². The molecule has 40 heavy (non-hydrogen) atoms. The number of rotatable bonds is 8. The Morgan fingerprint density at radius 1 is 1.10 bits per heavy atom. The number of likely N-dealkylation sites (N-methyl/N-ethyl adjacent to an activating group) is 1. The first kappa shape index (κ1) is 27.6. The molecular formula is C31H34N6O2S. The van der Waals surface area contributed by atoms with Crippen molar-refractivity contribution in [1.82, 2.24) is 19.8 Å². The molecule has 0 saturated carbocycles. The van der Waals surface area contributed by atoms with Gasteiger partial charge in [-0.15, -0.1) is 11.3 Å². The number of nitrogens with one attached hydrogen (secondary N) is 1. The minimum Gasteiger partial charge on any atom is -0.347 e. The smallest absolute Gasteiger partial charge is 0.264 e. The highest BCUT2D eigenvalue weighted by atomic mass is 32.1. The Bertz CT molecular complexity index is 1510. The van der Waals surface area contributed by atoms with Gasteiger partial charge >= 0.3 is 0 Å². The zero-order chi connectivity index (χ0) is 28.2. The van der Waals surface area contributed by atoms with E-state index in [0.29, 0.717) is 18.4 Å². The van der Waals surface area contributed by atoms with Crippen LogP contribution in [-0.2, 0) is 11.2 Å². The highest BCUT2D eigenvalue weighted by Crippen LogP contribution is 2.35. The summed E-state index contributed by atoms with van der Waals surface area (Å²) in [4.78, 5) is 41.3. The second kappa shape index (κ2) is 12.0. The highest BCUT2D eigenvalue weighted by Gasteiger charge is 2.29. The largest absolute Gasteiger partial charge is 0.347 e. The normalized spacial score (nSPS) is 14.8. The highest BCUT2D eigenvalue weighted by molar-refractivity contribution is 7.20. The summed E-state index contributed by atoms with van der Waals surface area (Å²) < 4.78 is 1.02. The molecule has 0 aliphatic carbocycles. The Morgan fingerprint density at radius 2 is 1.85 bits per heavy atom. The maximum Gasteiger partial charge on any atom is 0.264 e. The molecule has 2 aromatic heterocycles. The summed E-state index contributed by atoms with van der Waals surface area (Å²) in [5.41, 5.74) is 3.22. The van der Waals surface area contributed by atoms with Gasteiger partial charge in [0.25, 0.3) is 5.91 Å². The molecule has 0 radical (unpaired) electrons. The second-order valence-corrected chi connectivity index (χ2v) is 11.9. The predicted molar refractivity (Wildman–Crippen MR) is 158 cm³/mol. The van der Waals surface area contributed by atoms with Crippen LogP contribution in [0.15, 0.2) is 61.1 Å².